The zero-order chi connectivity index (χ0) is 10.6. The van der Waals surface area contributed by atoms with Gasteiger partial charge in [-0.25, -0.2) is 0 Å². The molecule has 0 unspecified atom stereocenters. The summed E-state index contributed by atoms with van der Waals surface area (Å²) in [5.74, 6) is 0.295. The third kappa shape index (κ3) is 3.44. The molecule has 0 spiro atoms. The van der Waals surface area contributed by atoms with Crippen molar-refractivity contribution in [1.29, 1.82) is 0 Å². The Kier molecular flexibility index (Phi) is 3.46. The summed E-state index contributed by atoms with van der Waals surface area (Å²) in [5.41, 5.74) is 2.35. The number of carbonyl (C=O) groups is 1. The zero-order valence-electron chi connectivity index (χ0n) is 8.70. The first-order chi connectivity index (χ1) is 6.58. The Morgan fingerprint density at radius 3 is 2.14 bits per heavy atom. The molecule has 0 heterocycles. The molecule has 2 nitrogen and oxygen atoms in total. The van der Waals surface area contributed by atoms with E-state index in [1.165, 1.54) is 12.5 Å². The highest BCUT2D eigenvalue weighted by Gasteiger charge is 1.96. The second kappa shape index (κ2) is 4.61. The summed E-state index contributed by atoms with van der Waals surface area (Å²) in [5, 5.41) is 0. The molecule has 0 atom stereocenters. The Bertz CT molecular complexity index is 343. The van der Waals surface area contributed by atoms with E-state index in [9.17, 15) is 4.79 Å². The van der Waals surface area contributed by atoms with E-state index in [0.29, 0.717) is 5.75 Å². The summed E-state index contributed by atoms with van der Waals surface area (Å²) in [7, 11) is 0. The number of ether oxygens (including phenoxy) is 1. The molecule has 0 fully saturated rings. The maximum Gasteiger partial charge on any atom is 0.308 e. The molecule has 1 rings (SSSR count). The lowest BCUT2D eigenvalue weighted by atomic mass is 10.1. The van der Waals surface area contributed by atoms with E-state index < -0.39 is 0 Å². The van der Waals surface area contributed by atoms with Crippen LogP contribution in [0.4, 0.5) is 0 Å². The van der Waals surface area contributed by atoms with Crippen molar-refractivity contribution in [2.45, 2.75) is 20.8 Å². The van der Waals surface area contributed by atoms with Crippen LogP contribution in [0.3, 0.4) is 0 Å². The lowest BCUT2D eigenvalue weighted by molar-refractivity contribution is -0.131. The number of hydrogen-bond acceptors (Lipinski definition) is 2. The average Bonchev–Trinajstić information content (AvgIpc) is 2.06. The molecule has 74 valence electrons. The van der Waals surface area contributed by atoms with Gasteiger partial charge in [-0.15, -0.1) is 0 Å². The van der Waals surface area contributed by atoms with Gasteiger partial charge in [0.05, 0.1) is 0 Å². The van der Waals surface area contributed by atoms with E-state index in [0.717, 1.165) is 5.56 Å². The predicted molar refractivity (Wildman–Crippen MR) is 57.1 cm³/mol. The Hall–Kier alpha value is -1.57. The third-order valence-corrected chi connectivity index (χ3v) is 1.60. The summed E-state index contributed by atoms with van der Waals surface area (Å²) in [6, 6.07) is 7.42. The fraction of sp³-hybridized carbons (Fsp3) is 0.250. The summed E-state index contributed by atoms with van der Waals surface area (Å²) >= 11 is 0. The molecule has 14 heavy (non-hydrogen) atoms. The van der Waals surface area contributed by atoms with Gasteiger partial charge >= 0.3 is 5.97 Å². The highest BCUT2D eigenvalue weighted by molar-refractivity contribution is 5.69. The standard InChI is InChI=1S/C12H14O2/c1-9(2)8-11-4-6-12(7-5-11)14-10(3)13/h4-8H,1-3H3. The van der Waals surface area contributed by atoms with Gasteiger partial charge in [0.2, 0.25) is 0 Å². The van der Waals surface area contributed by atoms with Crippen molar-refractivity contribution in [3.05, 3.63) is 35.4 Å². The van der Waals surface area contributed by atoms with Gasteiger partial charge in [0.15, 0.2) is 0 Å². The van der Waals surface area contributed by atoms with Gasteiger partial charge in [0.25, 0.3) is 0 Å². The fourth-order valence-corrected chi connectivity index (χ4v) is 1.13. The van der Waals surface area contributed by atoms with E-state index in [1.54, 1.807) is 12.1 Å². The molecule has 0 saturated heterocycles. The van der Waals surface area contributed by atoms with Crippen LogP contribution in [0.15, 0.2) is 29.8 Å². The van der Waals surface area contributed by atoms with Crippen LogP contribution >= 0.6 is 0 Å². The molecule has 0 bridgehead atoms. The minimum Gasteiger partial charge on any atom is -0.427 e. The summed E-state index contributed by atoms with van der Waals surface area (Å²) in [4.78, 5) is 10.6. The maximum absolute atomic E-state index is 10.6. The van der Waals surface area contributed by atoms with Crippen LogP contribution in [-0.2, 0) is 4.79 Å². The number of allylic oxidation sites excluding steroid dienone is 1. The highest BCUT2D eigenvalue weighted by atomic mass is 16.5. The monoisotopic (exact) mass is 190 g/mol. The van der Waals surface area contributed by atoms with Crippen molar-refractivity contribution in [3.63, 3.8) is 0 Å². The molecular formula is C12H14O2. The van der Waals surface area contributed by atoms with Crippen molar-refractivity contribution in [2.75, 3.05) is 0 Å². The van der Waals surface area contributed by atoms with Crippen molar-refractivity contribution in [3.8, 4) is 5.75 Å². The van der Waals surface area contributed by atoms with E-state index >= 15 is 0 Å². The smallest absolute Gasteiger partial charge is 0.308 e. The molecule has 0 amide bonds. The summed E-state index contributed by atoms with van der Waals surface area (Å²) in [6.07, 6.45) is 2.07. The second-order valence-electron chi connectivity index (χ2n) is 3.38. The van der Waals surface area contributed by atoms with Gasteiger partial charge in [-0.05, 0) is 31.5 Å². The Morgan fingerprint density at radius 2 is 1.71 bits per heavy atom. The number of hydrogen-bond donors (Lipinski definition) is 0. The lowest BCUT2D eigenvalue weighted by Crippen LogP contribution is -2.00. The highest BCUT2D eigenvalue weighted by Crippen LogP contribution is 2.14. The average molecular weight is 190 g/mol. The fourth-order valence-electron chi connectivity index (χ4n) is 1.13. The van der Waals surface area contributed by atoms with E-state index in [1.807, 2.05) is 26.0 Å². The predicted octanol–water partition coefficient (Wildman–Crippen LogP) is 3.04. The number of carbonyl (C=O) groups excluding carboxylic acids is 1. The third-order valence-electron chi connectivity index (χ3n) is 1.60. The maximum atomic E-state index is 10.6. The second-order valence-corrected chi connectivity index (χ2v) is 3.38. The van der Waals surface area contributed by atoms with Crippen LogP contribution < -0.4 is 4.74 Å². The SMILES string of the molecule is CC(=O)Oc1ccc(C=C(C)C)cc1. The van der Waals surface area contributed by atoms with Gasteiger partial charge in [-0.3, -0.25) is 4.79 Å². The molecule has 0 saturated carbocycles. The summed E-state index contributed by atoms with van der Waals surface area (Å²) < 4.78 is 4.91. The quantitative estimate of drug-likeness (QED) is 0.529. The van der Waals surface area contributed by atoms with Crippen LogP contribution in [0.25, 0.3) is 6.08 Å². The molecule has 0 aromatic heterocycles. The van der Waals surface area contributed by atoms with Gasteiger partial charge in [0, 0.05) is 6.92 Å². The minimum absolute atomic E-state index is 0.292. The number of benzene rings is 1. The van der Waals surface area contributed by atoms with E-state index in [4.69, 9.17) is 4.74 Å². The molecule has 0 aliphatic rings. The normalized spacial score (nSPS) is 9.36. The van der Waals surface area contributed by atoms with Crippen LogP contribution in [0, 0.1) is 0 Å². The Morgan fingerprint density at radius 1 is 1.14 bits per heavy atom. The van der Waals surface area contributed by atoms with Crippen LogP contribution in [0.1, 0.15) is 26.3 Å². The first-order valence-corrected chi connectivity index (χ1v) is 4.51. The van der Waals surface area contributed by atoms with Gasteiger partial charge in [-0.1, -0.05) is 23.8 Å². The molecule has 0 N–H and O–H groups in total. The first-order valence-electron chi connectivity index (χ1n) is 4.51. The number of esters is 1. The van der Waals surface area contributed by atoms with Crippen molar-refractivity contribution in [2.24, 2.45) is 0 Å². The zero-order valence-corrected chi connectivity index (χ0v) is 8.70. The van der Waals surface area contributed by atoms with Gasteiger partial charge in [-0.2, -0.15) is 0 Å². The van der Waals surface area contributed by atoms with Gasteiger partial charge < -0.3 is 4.74 Å². The van der Waals surface area contributed by atoms with E-state index in [-0.39, 0.29) is 5.97 Å². The van der Waals surface area contributed by atoms with Crippen LogP contribution in [-0.4, -0.2) is 5.97 Å². The summed E-state index contributed by atoms with van der Waals surface area (Å²) in [6.45, 7) is 5.48. The lowest BCUT2D eigenvalue weighted by Gasteiger charge is -2.01. The minimum atomic E-state index is -0.292. The topological polar surface area (TPSA) is 26.3 Å². The Labute approximate surface area is 84.2 Å². The van der Waals surface area contributed by atoms with Crippen molar-refractivity contribution >= 4 is 12.0 Å². The molecule has 1 aromatic rings. The molecule has 0 aliphatic heterocycles. The molecular weight excluding hydrogens is 176 g/mol. The largest absolute Gasteiger partial charge is 0.427 e. The Balaban J connectivity index is 2.78. The molecule has 0 radical (unpaired) electrons. The van der Waals surface area contributed by atoms with Gasteiger partial charge in [0.1, 0.15) is 5.75 Å². The molecule has 1 aromatic carbocycles. The van der Waals surface area contributed by atoms with Crippen molar-refractivity contribution in [1.82, 2.24) is 0 Å². The van der Waals surface area contributed by atoms with E-state index in [2.05, 4.69) is 6.08 Å². The van der Waals surface area contributed by atoms with Crippen molar-refractivity contribution < 1.29 is 9.53 Å². The first kappa shape index (κ1) is 10.5. The van der Waals surface area contributed by atoms with Crippen LogP contribution in [0.2, 0.25) is 0 Å². The molecule has 2 heteroatoms. The molecule has 0 aliphatic carbocycles. The number of rotatable bonds is 2. The van der Waals surface area contributed by atoms with Crippen LogP contribution in [0.5, 0.6) is 5.75 Å².